The van der Waals surface area contributed by atoms with E-state index < -0.39 is 35.7 Å². The number of carbonyl (C=O) groups is 3. The third-order valence-electron chi connectivity index (χ3n) is 5.47. The van der Waals surface area contributed by atoms with Gasteiger partial charge in [-0.3, -0.25) is 4.79 Å². The maximum absolute atomic E-state index is 13.2. The number of alkyl carbamates (subject to hydrolysis) is 1. The van der Waals surface area contributed by atoms with E-state index in [0.29, 0.717) is 22.3 Å². The molecule has 2 aromatic carbocycles. The molecule has 2 amide bonds. The smallest absolute Gasteiger partial charge is 0.408 e. The monoisotopic (exact) mass is 494 g/mol. The van der Waals surface area contributed by atoms with Crippen molar-refractivity contribution >= 4 is 23.8 Å². The number of carboxylic acid groups (broad SMARTS) is 1. The van der Waals surface area contributed by atoms with Crippen LogP contribution in [0.25, 0.3) is 0 Å². The number of nitrogens with zero attached hydrogens (tertiary/aromatic N) is 2. The Bertz CT molecular complexity index is 1200. The summed E-state index contributed by atoms with van der Waals surface area (Å²) in [5.41, 5.74) is 7.98. The fraction of sp³-hybridized carbons (Fsp3) is 0.231. The van der Waals surface area contributed by atoms with Crippen LogP contribution in [0.1, 0.15) is 28.2 Å². The second-order valence-electron chi connectivity index (χ2n) is 8.36. The molecule has 0 spiro atoms. The zero-order valence-corrected chi connectivity index (χ0v) is 19.8. The average molecular weight is 495 g/mol. The molecule has 0 saturated carbocycles. The van der Waals surface area contributed by atoms with Crippen molar-refractivity contribution in [2.24, 2.45) is 5.73 Å². The number of amides is 2. The van der Waals surface area contributed by atoms with Gasteiger partial charge in [-0.1, -0.05) is 42.5 Å². The largest absolute Gasteiger partial charge is 0.480 e. The summed E-state index contributed by atoms with van der Waals surface area (Å²) in [4.78, 5) is 41.9. The van der Waals surface area contributed by atoms with Crippen LogP contribution < -0.4 is 16.0 Å². The molecule has 188 valence electrons. The Morgan fingerprint density at radius 2 is 1.58 bits per heavy atom. The number of ether oxygens (including phenoxy) is 1. The Labute approximate surface area is 207 Å². The van der Waals surface area contributed by atoms with E-state index >= 15 is 0 Å². The summed E-state index contributed by atoms with van der Waals surface area (Å²) in [5, 5.41) is 11.8. The first-order valence-corrected chi connectivity index (χ1v) is 11.1. The normalized spacial score (nSPS) is 12.3. The number of aromatic nitrogens is 1. The molecule has 1 aromatic heterocycles. The maximum Gasteiger partial charge on any atom is 0.408 e. The van der Waals surface area contributed by atoms with Gasteiger partial charge in [0.05, 0.1) is 5.92 Å². The minimum Gasteiger partial charge on any atom is -0.480 e. The van der Waals surface area contributed by atoms with E-state index in [-0.39, 0.29) is 13.0 Å². The molecule has 0 aliphatic carbocycles. The number of anilines is 1. The molecular weight excluding hydrogens is 467 g/mol. The Balaban J connectivity index is 1.58. The highest BCUT2D eigenvalue weighted by Gasteiger charge is 2.22. The first-order valence-electron chi connectivity index (χ1n) is 11.1. The zero-order chi connectivity index (χ0) is 26.2. The Morgan fingerprint density at radius 3 is 2.08 bits per heavy atom. The van der Waals surface area contributed by atoms with E-state index in [1.807, 2.05) is 19.0 Å². The van der Waals surface area contributed by atoms with E-state index in [4.69, 9.17) is 10.5 Å². The zero-order valence-electron chi connectivity index (χ0n) is 19.8. The number of pyridine rings is 1. The summed E-state index contributed by atoms with van der Waals surface area (Å²) in [6, 6.07) is 14.5. The molecule has 0 saturated heterocycles. The quantitative estimate of drug-likeness (QED) is 0.394. The van der Waals surface area contributed by atoms with Crippen molar-refractivity contribution in [1.82, 2.24) is 10.3 Å². The molecule has 10 heteroatoms. The van der Waals surface area contributed by atoms with Crippen molar-refractivity contribution in [2.45, 2.75) is 25.0 Å². The predicted molar refractivity (Wildman–Crippen MR) is 131 cm³/mol. The third-order valence-corrected chi connectivity index (χ3v) is 5.47. The first-order chi connectivity index (χ1) is 17.1. The van der Waals surface area contributed by atoms with Crippen LogP contribution in [-0.2, 0) is 27.4 Å². The number of benzene rings is 2. The molecule has 3 aromatic rings. The maximum atomic E-state index is 13.2. The second-order valence-corrected chi connectivity index (χ2v) is 8.36. The molecule has 4 N–H and O–H groups in total. The topological polar surface area (TPSA) is 135 Å². The number of nitrogens with one attached hydrogen (secondary N) is 1. The molecule has 2 atom stereocenters. The minimum atomic E-state index is -1.20. The number of halogens is 1. The third kappa shape index (κ3) is 7.02. The van der Waals surface area contributed by atoms with E-state index in [2.05, 4.69) is 10.3 Å². The van der Waals surface area contributed by atoms with Crippen molar-refractivity contribution in [3.63, 3.8) is 0 Å². The molecule has 1 heterocycles. The lowest BCUT2D eigenvalue weighted by Crippen LogP contribution is -2.42. The van der Waals surface area contributed by atoms with Gasteiger partial charge in [0.25, 0.3) is 0 Å². The molecule has 3 rings (SSSR count). The lowest BCUT2D eigenvalue weighted by Gasteiger charge is -2.16. The fourth-order valence-corrected chi connectivity index (χ4v) is 3.55. The van der Waals surface area contributed by atoms with Gasteiger partial charge in [-0.05, 0) is 40.5 Å². The van der Waals surface area contributed by atoms with Crippen LogP contribution in [0.4, 0.5) is 15.0 Å². The average Bonchev–Trinajstić information content (AvgIpc) is 2.84. The molecule has 0 fully saturated rings. The molecule has 9 nitrogen and oxygen atoms in total. The number of carboxylic acids is 1. The summed E-state index contributed by atoms with van der Waals surface area (Å²) in [5.74, 6) is -2.25. The van der Waals surface area contributed by atoms with E-state index in [1.54, 1.807) is 42.6 Å². The Hall–Kier alpha value is -4.47. The number of aliphatic carboxylic acids is 1. The SMILES string of the molecule is CN(C)c1ccc(C[C@H](NC(=O)OCc2ccc(C(C(N)=O)c3ccc(F)cc3)cc2)C(=O)O)cn1. The van der Waals surface area contributed by atoms with Crippen LogP contribution in [0.2, 0.25) is 0 Å². The predicted octanol–water partition coefficient (Wildman–Crippen LogP) is 2.83. The van der Waals surface area contributed by atoms with Gasteiger partial charge in [0.1, 0.15) is 24.3 Å². The lowest BCUT2D eigenvalue weighted by atomic mass is 9.90. The first kappa shape index (κ1) is 26.1. The van der Waals surface area contributed by atoms with Crippen LogP contribution in [0.5, 0.6) is 0 Å². The van der Waals surface area contributed by atoms with Crippen molar-refractivity contribution < 1.29 is 28.6 Å². The summed E-state index contributed by atoms with van der Waals surface area (Å²) in [7, 11) is 3.68. The highest BCUT2D eigenvalue weighted by molar-refractivity contribution is 5.85. The Kier molecular flexibility index (Phi) is 8.56. The summed E-state index contributed by atoms with van der Waals surface area (Å²) in [6.07, 6.45) is 0.716. The fourth-order valence-electron chi connectivity index (χ4n) is 3.55. The molecule has 1 unspecified atom stereocenters. The molecule has 0 radical (unpaired) electrons. The summed E-state index contributed by atoms with van der Waals surface area (Å²) >= 11 is 0. The highest BCUT2D eigenvalue weighted by atomic mass is 19.1. The molecule has 0 aliphatic rings. The highest BCUT2D eigenvalue weighted by Crippen LogP contribution is 2.25. The molecule has 0 aliphatic heterocycles. The van der Waals surface area contributed by atoms with Crippen molar-refractivity contribution in [2.75, 3.05) is 19.0 Å². The van der Waals surface area contributed by atoms with Crippen molar-refractivity contribution in [3.8, 4) is 0 Å². The number of carbonyl (C=O) groups excluding carboxylic acids is 2. The van der Waals surface area contributed by atoms with Gasteiger partial charge in [-0.2, -0.15) is 0 Å². The van der Waals surface area contributed by atoms with Crippen molar-refractivity contribution in [3.05, 3.63) is 94.9 Å². The Morgan fingerprint density at radius 1 is 1.00 bits per heavy atom. The van der Waals surface area contributed by atoms with Gasteiger partial charge in [0.2, 0.25) is 5.91 Å². The van der Waals surface area contributed by atoms with E-state index in [1.165, 1.54) is 24.3 Å². The molecular formula is C26H27FN4O5. The summed E-state index contributed by atoms with van der Waals surface area (Å²) < 4.78 is 18.4. The van der Waals surface area contributed by atoms with Crippen LogP contribution in [0.3, 0.4) is 0 Å². The van der Waals surface area contributed by atoms with Crippen LogP contribution in [0, 0.1) is 5.82 Å². The van der Waals surface area contributed by atoms with Gasteiger partial charge < -0.3 is 25.8 Å². The van der Waals surface area contributed by atoms with Crippen LogP contribution in [-0.4, -0.2) is 48.2 Å². The van der Waals surface area contributed by atoms with Gasteiger partial charge >= 0.3 is 12.1 Å². The summed E-state index contributed by atoms with van der Waals surface area (Å²) in [6.45, 7) is -0.116. The van der Waals surface area contributed by atoms with Gasteiger partial charge in [0.15, 0.2) is 0 Å². The lowest BCUT2D eigenvalue weighted by molar-refractivity contribution is -0.139. The molecule has 36 heavy (non-hydrogen) atoms. The van der Waals surface area contributed by atoms with E-state index in [0.717, 1.165) is 5.82 Å². The van der Waals surface area contributed by atoms with Crippen LogP contribution >= 0.6 is 0 Å². The van der Waals surface area contributed by atoms with E-state index in [9.17, 15) is 23.9 Å². The standard InChI is InChI=1S/C26H27FN4O5/c1-31(2)22-12-5-17(14-29-22)13-21(25(33)34)30-26(35)36-15-16-3-6-18(7-4-16)23(24(28)32)19-8-10-20(27)11-9-19/h3-12,14,21,23H,13,15H2,1-2H3,(H2,28,32)(H,30,35)(H,33,34)/t21-,23?/m0/s1. The number of nitrogens with two attached hydrogens (primary N) is 1. The van der Waals surface area contributed by atoms with Gasteiger partial charge in [-0.25, -0.2) is 19.0 Å². The number of hydrogen-bond donors (Lipinski definition) is 3. The van der Waals surface area contributed by atoms with Crippen molar-refractivity contribution in [1.29, 1.82) is 0 Å². The minimum absolute atomic E-state index is 0.0394. The second kappa shape index (κ2) is 11.8. The molecule has 0 bridgehead atoms. The van der Waals surface area contributed by atoms with Gasteiger partial charge in [0, 0.05) is 26.7 Å². The number of rotatable bonds is 10. The number of primary amides is 1. The number of hydrogen-bond acceptors (Lipinski definition) is 6. The van der Waals surface area contributed by atoms with Crippen LogP contribution in [0.15, 0.2) is 66.9 Å². The van der Waals surface area contributed by atoms with Gasteiger partial charge in [-0.15, -0.1) is 0 Å².